The highest BCUT2D eigenvalue weighted by atomic mass is 16.2. The molecule has 0 N–H and O–H groups in total. The van der Waals surface area contributed by atoms with Crippen LogP contribution in [0.2, 0.25) is 0 Å². The van der Waals surface area contributed by atoms with Crippen molar-refractivity contribution in [1.82, 2.24) is 0 Å². The lowest BCUT2D eigenvalue weighted by Gasteiger charge is -2.23. The largest absolute Gasteiger partial charge is 0.314 e. The highest BCUT2D eigenvalue weighted by molar-refractivity contribution is 6.09. The molecule has 1 aliphatic heterocycles. The van der Waals surface area contributed by atoms with E-state index in [1.807, 2.05) is 45.2 Å². The van der Waals surface area contributed by atoms with E-state index in [0.717, 1.165) is 16.8 Å². The number of hydrogen-bond acceptors (Lipinski definition) is 1. The molecule has 0 fully saturated rings. The Hall–Kier alpha value is -1.57. The normalized spacial score (nSPS) is 24.2. The number of nitrogens with zero attached hydrogens (tertiary/aromatic N) is 1. The van der Waals surface area contributed by atoms with Crippen LogP contribution in [0.25, 0.3) is 0 Å². The maximum Gasteiger partial charge on any atom is 0.241 e. The van der Waals surface area contributed by atoms with Crippen LogP contribution in [0.3, 0.4) is 0 Å². The average molecular weight is 201 g/mol. The first kappa shape index (κ1) is 9.97. The minimum atomic E-state index is -0.550. The molecular weight excluding hydrogens is 186 g/mol. The number of rotatable bonds is 1. The zero-order valence-corrected chi connectivity index (χ0v) is 9.37. The molecule has 0 unspecified atom stereocenters. The van der Waals surface area contributed by atoms with Gasteiger partial charge in [-0.25, -0.2) is 0 Å². The number of fused-ring (bicyclic) bond motifs is 1. The minimum Gasteiger partial charge on any atom is -0.314 e. The van der Waals surface area contributed by atoms with Crippen molar-refractivity contribution in [1.29, 1.82) is 0 Å². The molecule has 1 amide bonds. The van der Waals surface area contributed by atoms with Gasteiger partial charge in [0.05, 0.1) is 5.41 Å². The Bertz CT molecular complexity index is 450. The molecule has 0 radical (unpaired) electrons. The van der Waals surface area contributed by atoms with Crippen LogP contribution in [0.15, 0.2) is 36.4 Å². The van der Waals surface area contributed by atoms with Crippen molar-refractivity contribution in [2.45, 2.75) is 19.3 Å². The molecule has 15 heavy (non-hydrogen) atoms. The molecule has 1 aromatic rings. The van der Waals surface area contributed by atoms with E-state index in [9.17, 15) is 4.79 Å². The second-order valence-corrected chi connectivity index (χ2v) is 4.29. The molecule has 0 saturated heterocycles. The standard InChI is InChI=1S/C13H15NO/c1-9(2)13(3)10-7-5-6-8-11(10)14(4)12(13)15/h5-8H,1H2,2-4H3/t13-/m1/s1. The molecule has 0 aliphatic carbocycles. The van der Waals surface area contributed by atoms with E-state index in [4.69, 9.17) is 0 Å². The molecule has 0 aromatic heterocycles. The lowest BCUT2D eigenvalue weighted by molar-refractivity contribution is -0.121. The number of para-hydroxylation sites is 1. The third kappa shape index (κ3) is 1.08. The second kappa shape index (κ2) is 2.96. The fourth-order valence-electron chi connectivity index (χ4n) is 2.16. The second-order valence-electron chi connectivity index (χ2n) is 4.29. The van der Waals surface area contributed by atoms with E-state index >= 15 is 0 Å². The molecule has 2 heteroatoms. The van der Waals surface area contributed by atoms with Gasteiger partial charge in [0, 0.05) is 12.7 Å². The summed E-state index contributed by atoms with van der Waals surface area (Å²) in [7, 11) is 1.81. The summed E-state index contributed by atoms with van der Waals surface area (Å²) in [6, 6.07) is 7.89. The van der Waals surface area contributed by atoms with E-state index in [0.29, 0.717) is 0 Å². The van der Waals surface area contributed by atoms with Gasteiger partial charge >= 0.3 is 0 Å². The Kier molecular flexibility index (Phi) is 1.97. The Balaban J connectivity index is 2.71. The monoisotopic (exact) mass is 201 g/mol. The summed E-state index contributed by atoms with van der Waals surface area (Å²) in [6.07, 6.45) is 0. The van der Waals surface area contributed by atoms with Gasteiger partial charge < -0.3 is 4.90 Å². The Morgan fingerprint density at radius 2 is 2.00 bits per heavy atom. The summed E-state index contributed by atoms with van der Waals surface area (Å²) in [6.45, 7) is 7.80. The molecule has 0 spiro atoms. The molecule has 2 nitrogen and oxygen atoms in total. The smallest absolute Gasteiger partial charge is 0.241 e. The number of anilines is 1. The molecule has 1 heterocycles. The van der Waals surface area contributed by atoms with Crippen LogP contribution >= 0.6 is 0 Å². The summed E-state index contributed by atoms with van der Waals surface area (Å²) in [5.41, 5.74) is 2.40. The molecule has 1 aromatic carbocycles. The maximum absolute atomic E-state index is 12.2. The van der Waals surface area contributed by atoms with Gasteiger partial charge in [-0.05, 0) is 25.5 Å². The number of carbonyl (C=O) groups is 1. The number of likely N-dealkylation sites (N-methyl/N-ethyl adjacent to an activating group) is 1. The van der Waals surface area contributed by atoms with Gasteiger partial charge in [0.15, 0.2) is 0 Å². The highest BCUT2D eigenvalue weighted by Gasteiger charge is 2.46. The Morgan fingerprint density at radius 1 is 1.40 bits per heavy atom. The molecule has 0 saturated carbocycles. The van der Waals surface area contributed by atoms with Gasteiger partial charge in [-0.2, -0.15) is 0 Å². The lowest BCUT2D eigenvalue weighted by Crippen LogP contribution is -2.36. The van der Waals surface area contributed by atoms with Crippen molar-refractivity contribution < 1.29 is 4.79 Å². The van der Waals surface area contributed by atoms with Gasteiger partial charge in [-0.15, -0.1) is 0 Å². The summed E-state index contributed by atoms with van der Waals surface area (Å²) in [5, 5.41) is 0. The van der Waals surface area contributed by atoms with Crippen LogP contribution in [0.1, 0.15) is 19.4 Å². The Labute approximate surface area is 90.2 Å². The van der Waals surface area contributed by atoms with Gasteiger partial charge in [0.1, 0.15) is 0 Å². The third-order valence-electron chi connectivity index (χ3n) is 3.39. The fraction of sp³-hybridized carbons (Fsp3) is 0.308. The third-order valence-corrected chi connectivity index (χ3v) is 3.39. The van der Waals surface area contributed by atoms with Crippen molar-refractivity contribution in [2.75, 3.05) is 11.9 Å². The predicted octanol–water partition coefficient (Wildman–Crippen LogP) is 2.50. The van der Waals surface area contributed by atoms with Gasteiger partial charge in [0.2, 0.25) is 5.91 Å². The summed E-state index contributed by atoms with van der Waals surface area (Å²) >= 11 is 0. The quantitative estimate of drug-likeness (QED) is 0.639. The van der Waals surface area contributed by atoms with Crippen LogP contribution in [0.4, 0.5) is 5.69 Å². The van der Waals surface area contributed by atoms with Crippen LogP contribution in [0, 0.1) is 0 Å². The van der Waals surface area contributed by atoms with Crippen LogP contribution in [-0.2, 0) is 10.2 Å². The summed E-state index contributed by atoms with van der Waals surface area (Å²) in [4.78, 5) is 13.9. The molecule has 2 rings (SSSR count). The van der Waals surface area contributed by atoms with Crippen LogP contribution in [-0.4, -0.2) is 13.0 Å². The topological polar surface area (TPSA) is 20.3 Å². The van der Waals surface area contributed by atoms with E-state index in [1.54, 1.807) is 4.90 Å². The van der Waals surface area contributed by atoms with Gasteiger partial charge in [-0.1, -0.05) is 30.4 Å². The lowest BCUT2D eigenvalue weighted by atomic mass is 9.78. The van der Waals surface area contributed by atoms with Crippen molar-refractivity contribution >= 4 is 11.6 Å². The van der Waals surface area contributed by atoms with Gasteiger partial charge in [-0.3, -0.25) is 4.79 Å². The van der Waals surface area contributed by atoms with E-state index in [-0.39, 0.29) is 5.91 Å². The zero-order chi connectivity index (χ0) is 11.2. The number of benzene rings is 1. The molecule has 0 bridgehead atoms. The van der Waals surface area contributed by atoms with Crippen LogP contribution in [0.5, 0.6) is 0 Å². The first-order valence-corrected chi connectivity index (χ1v) is 5.03. The van der Waals surface area contributed by atoms with E-state index in [2.05, 4.69) is 6.58 Å². The first-order valence-electron chi connectivity index (χ1n) is 5.03. The average Bonchev–Trinajstić information content (AvgIpc) is 2.43. The number of amides is 1. The number of carbonyl (C=O) groups excluding carboxylic acids is 1. The molecular formula is C13H15NO. The minimum absolute atomic E-state index is 0.108. The van der Waals surface area contributed by atoms with Gasteiger partial charge in [0.25, 0.3) is 0 Å². The number of hydrogen-bond donors (Lipinski definition) is 0. The van der Waals surface area contributed by atoms with Crippen molar-refractivity contribution in [3.8, 4) is 0 Å². The summed E-state index contributed by atoms with van der Waals surface area (Å²) in [5.74, 6) is 0.108. The van der Waals surface area contributed by atoms with Crippen molar-refractivity contribution in [2.24, 2.45) is 0 Å². The Morgan fingerprint density at radius 3 is 2.60 bits per heavy atom. The molecule has 78 valence electrons. The van der Waals surface area contributed by atoms with Crippen molar-refractivity contribution in [3.05, 3.63) is 42.0 Å². The highest BCUT2D eigenvalue weighted by Crippen LogP contribution is 2.44. The zero-order valence-electron chi connectivity index (χ0n) is 9.37. The first-order chi connectivity index (χ1) is 6.99. The summed E-state index contributed by atoms with van der Waals surface area (Å²) < 4.78 is 0. The SMILES string of the molecule is C=C(C)[C@@]1(C)C(=O)N(C)c2ccccc21. The fourth-order valence-corrected chi connectivity index (χ4v) is 2.16. The predicted molar refractivity (Wildman–Crippen MR) is 62.0 cm³/mol. The van der Waals surface area contributed by atoms with Crippen molar-refractivity contribution in [3.63, 3.8) is 0 Å². The molecule has 1 atom stereocenters. The van der Waals surface area contributed by atoms with Crippen LogP contribution < -0.4 is 4.90 Å². The van der Waals surface area contributed by atoms with E-state index in [1.165, 1.54) is 0 Å². The molecule has 1 aliphatic rings. The van der Waals surface area contributed by atoms with E-state index < -0.39 is 5.41 Å². The maximum atomic E-state index is 12.2.